The van der Waals surface area contributed by atoms with E-state index in [0.29, 0.717) is 41.9 Å². The van der Waals surface area contributed by atoms with E-state index in [-0.39, 0.29) is 34.4 Å². The summed E-state index contributed by atoms with van der Waals surface area (Å²) in [5, 5.41) is 41.8. The van der Waals surface area contributed by atoms with Crippen molar-refractivity contribution in [2.24, 2.45) is 57.7 Å². The average molecular weight is 465 g/mol. The third kappa shape index (κ3) is 3.67. The van der Waals surface area contributed by atoms with Crippen molar-refractivity contribution in [1.82, 2.24) is 0 Å². The van der Waals surface area contributed by atoms with Crippen molar-refractivity contribution in [3.05, 3.63) is 0 Å². The molecule has 4 heteroatoms. The number of hydrogen-bond acceptors (Lipinski definition) is 4. The summed E-state index contributed by atoms with van der Waals surface area (Å²) in [5.74, 6) is 3.31. The van der Waals surface area contributed by atoms with Crippen LogP contribution in [0.1, 0.15) is 106 Å². The highest BCUT2D eigenvalue weighted by Gasteiger charge is 2.71. The van der Waals surface area contributed by atoms with Crippen LogP contribution in [0, 0.1) is 57.7 Å². The van der Waals surface area contributed by atoms with Gasteiger partial charge in [0.1, 0.15) is 0 Å². The van der Waals surface area contributed by atoms with Crippen LogP contribution in [-0.4, -0.2) is 38.9 Å². The van der Waals surface area contributed by atoms with Gasteiger partial charge in [-0.15, -0.1) is 0 Å². The Labute approximate surface area is 202 Å². The average Bonchev–Trinajstić information content (AvgIpc) is 3.10. The zero-order valence-electron chi connectivity index (χ0n) is 22.1. The number of aliphatic hydroxyl groups is 4. The lowest BCUT2D eigenvalue weighted by Crippen LogP contribution is -2.69. The molecule has 4 N–H and O–H groups in total. The minimum atomic E-state index is -1.20. The lowest BCUT2D eigenvalue weighted by atomic mass is 9.33. The molecule has 0 amide bonds. The topological polar surface area (TPSA) is 80.9 Å². The molecule has 4 aliphatic carbocycles. The van der Waals surface area contributed by atoms with E-state index in [1.807, 2.05) is 0 Å². The van der Waals surface area contributed by atoms with E-state index in [1.54, 1.807) is 0 Å². The van der Waals surface area contributed by atoms with Crippen LogP contribution in [0.15, 0.2) is 0 Å². The molecule has 0 saturated heterocycles. The van der Waals surface area contributed by atoms with Crippen molar-refractivity contribution in [2.45, 2.75) is 124 Å². The summed E-state index contributed by atoms with van der Waals surface area (Å²) in [5.41, 5.74) is 0.337. The third-order valence-electron chi connectivity index (χ3n) is 12.3. The molecule has 0 bridgehead atoms. The molecule has 0 aliphatic heterocycles. The monoisotopic (exact) mass is 464 g/mol. The maximum atomic E-state index is 12.2. The first-order chi connectivity index (χ1) is 15.4. The van der Waals surface area contributed by atoms with Gasteiger partial charge in [0, 0.05) is 0 Å². The van der Waals surface area contributed by atoms with Crippen molar-refractivity contribution in [2.75, 3.05) is 0 Å². The highest BCUT2D eigenvalue weighted by molar-refractivity contribution is 5.19. The molecule has 33 heavy (non-hydrogen) atoms. The van der Waals surface area contributed by atoms with E-state index >= 15 is 0 Å². The van der Waals surface area contributed by atoms with Crippen molar-refractivity contribution >= 4 is 0 Å². The molecule has 0 aromatic heterocycles. The Bertz CT molecular complexity index is 693. The molecule has 0 heterocycles. The Morgan fingerprint density at radius 3 is 2.15 bits per heavy atom. The molecule has 4 aliphatic rings. The number of hydrogen-bond donors (Lipinski definition) is 4. The minimum absolute atomic E-state index is 0.00571. The van der Waals surface area contributed by atoms with E-state index in [0.717, 1.165) is 32.1 Å². The molecule has 0 aromatic rings. The zero-order chi connectivity index (χ0) is 24.3. The smallest absolute Gasteiger partial charge is 0.151 e. The van der Waals surface area contributed by atoms with Gasteiger partial charge in [-0.1, -0.05) is 48.0 Å². The first-order valence-electron chi connectivity index (χ1n) is 14.2. The van der Waals surface area contributed by atoms with Crippen LogP contribution < -0.4 is 0 Å². The summed E-state index contributed by atoms with van der Waals surface area (Å²) < 4.78 is 0. The fraction of sp³-hybridized carbons (Fsp3) is 1.00. The van der Waals surface area contributed by atoms with Crippen LogP contribution in [0.2, 0.25) is 0 Å². The van der Waals surface area contributed by atoms with E-state index < -0.39 is 6.29 Å². The molecule has 11 atom stereocenters. The number of rotatable bonds is 6. The molecular weight excluding hydrogens is 412 g/mol. The van der Waals surface area contributed by atoms with Gasteiger partial charge in [-0.05, 0) is 115 Å². The maximum absolute atomic E-state index is 12.2. The molecule has 4 nitrogen and oxygen atoms in total. The fourth-order valence-electron chi connectivity index (χ4n) is 11.0. The second kappa shape index (κ2) is 9.05. The lowest BCUT2D eigenvalue weighted by Gasteiger charge is -2.72. The van der Waals surface area contributed by atoms with Crippen LogP contribution in [0.25, 0.3) is 0 Å². The van der Waals surface area contributed by atoms with E-state index in [1.165, 1.54) is 25.7 Å². The Morgan fingerprint density at radius 1 is 0.879 bits per heavy atom. The van der Waals surface area contributed by atoms with Gasteiger partial charge in [-0.25, -0.2) is 0 Å². The standard InChI is InChI=1S/C29H52O4/c1-7-21-26(33)25-23(28(6)15-12-19(30)16-29(21,28)17(2)3)10-9-22-20(13-14-27(22,25)5)18(4)8-11-24(31)32/h17-26,30-33H,7-16H2,1-6H3/t18-,19-,20-,21+,22?,23?,25?,26-,27+,28-,29-/m1/s1. The van der Waals surface area contributed by atoms with E-state index in [9.17, 15) is 20.4 Å². The lowest BCUT2D eigenvalue weighted by molar-refractivity contribution is -0.271. The van der Waals surface area contributed by atoms with Gasteiger partial charge in [0.15, 0.2) is 6.29 Å². The first-order valence-corrected chi connectivity index (χ1v) is 14.2. The summed E-state index contributed by atoms with van der Waals surface area (Å²) in [6.45, 7) is 14.3. The molecule has 0 aromatic carbocycles. The first kappa shape index (κ1) is 25.9. The van der Waals surface area contributed by atoms with Gasteiger partial charge in [0.25, 0.3) is 0 Å². The van der Waals surface area contributed by atoms with Gasteiger partial charge in [-0.3, -0.25) is 0 Å². The van der Waals surface area contributed by atoms with Gasteiger partial charge in [-0.2, -0.15) is 0 Å². The van der Waals surface area contributed by atoms with Gasteiger partial charge < -0.3 is 20.4 Å². The van der Waals surface area contributed by atoms with E-state index in [4.69, 9.17) is 0 Å². The van der Waals surface area contributed by atoms with Crippen LogP contribution in [0.5, 0.6) is 0 Å². The summed E-state index contributed by atoms with van der Waals surface area (Å²) in [7, 11) is 0. The molecule has 4 fully saturated rings. The van der Waals surface area contributed by atoms with Crippen molar-refractivity contribution in [1.29, 1.82) is 0 Å². The van der Waals surface area contributed by atoms with Crippen LogP contribution in [-0.2, 0) is 0 Å². The van der Waals surface area contributed by atoms with E-state index in [2.05, 4.69) is 41.5 Å². The maximum Gasteiger partial charge on any atom is 0.151 e. The van der Waals surface area contributed by atoms with Crippen molar-refractivity contribution in [3.8, 4) is 0 Å². The molecule has 0 spiro atoms. The Balaban J connectivity index is 1.70. The fourth-order valence-corrected chi connectivity index (χ4v) is 11.0. The van der Waals surface area contributed by atoms with Crippen molar-refractivity contribution in [3.63, 3.8) is 0 Å². The third-order valence-corrected chi connectivity index (χ3v) is 12.3. The Morgan fingerprint density at radius 2 is 1.55 bits per heavy atom. The normalized spacial score (nSPS) is 50.7. The van der Waals surface area contributed by atoms with Crippen LogP contribution >= 0.6 is 0 Å². The highest BCUT2D eigenvalue weighted by atomic mass is 16.5. The van der Waals surface area contributed by atoms with Crippen molar-refractivity contribution < 1.29 is 20.4 Å². The summed E-state index contributed by atoms with van der Waals surface area (Å²) >= 11 is 0. The summed E-state index contributed by atoms with van der Waals surface area (Å²) in [4.78, 5) is 0. The quantitative estimate of drug-likeness (QED) is 0.399. The predicted octanol–water partition coefficient (Wildman–Crippen LogP) is 5.37. The second-order valence-corrected chi connectivity index (χ2v) is 13.6. The molecular formula is C29H52O4. The second-order valence-electron chi connectivity index (χ2n) is 13.6. The van der Waals surface area contributed by atoms with Crippen LogP contribution in [0.3, 0.4) is 0 Å². The molecule has 4 saturated carbocycles. The van der Waals surface area contributed by atoms with Gasteiger partial charge in [0.2, 0.25) is 0 Å². The zero-order valence-corrected chi connectivity index (χ0v) is 22.1. The summed E-state index contributed by atoms with van der Waals surface area (Å²) in [6.07, 6.45) is 8.28. The highest BCUT2D eigenvalue weighted by Crippen LogP contribution is 2.75. The molecule has 0 radical (unpaired) electrons. The summed E-state index contributed by atoms with van der Waals surface area (Å²) in [6, 6.07) is 0. The number of aliphatic hydroxyl groups excluding tert-OH is 3. The minimum Gasteiger partial charge on any atom is -0.393 e. The van der Waals surface area contributed by atoms with Gasteiger partial charge in [0.05, 0.1) is 12.2 Å². The predicted molar refractivity (Wildman–Crippen MR) is 132 cm³/mol. The molecule has 192 valence electrons. The molecule has 3 unspecified atom stereocenters. The van der Waals surface area contributed by atoms with Gasteiger partial charge >= 0.3 is 0 Å². The Hall–Kier alpha value is -0.160. The number of fused-ring (bicyclic) bond motifs is 5. The van der Waals surface area contributed by atoms with Crippen LogP contribution in [0.4, 0.5) is 0 Å². The largest absolute Gasteiger partial charge is 0.393 e. The Kier molecular flexibility index (Phi) is 7.11. The molecule has 4 rings (SSSR count). The SMILES string of the molecule is CC[C@H]1[C@@H](O)C2C(CCC3[C@@H]([C@H](C)CCC(O)O)CC[C@]23C)[C@@]2(C)CC[C@@H](O)C[C@@]12C(C)C.